The molecule has 0 radical (unpaired) electrons. The maximum absolute atomic E-state index is 11.9. The number of urea groups is 1. The van der Waals surface area contributed by atoms with Crippen LogP contribution in [0, 0.1) is 0 Å². The second-order valence-corrected chi connectivity index (χ2v) is 5.00. The van der Waals surface area contributed by atoms with Crippen molar-refractivity contribution in [3.8, 4) is 0 Å². The predicted octanol–water partition coefficient (Wildman–Crippen LogP) is 3.51. The van der Waals surface area contributed by atoms with E-state index in [1.54, 1.807) is 30.3 Å². The number of hydrogen-bond donors (Lipinski definition) is 2. The Morgan fingerprint density at radius 3 is 2.71 bits per heavy atom. The minimum Gasteiger partial charge on any atom is -0.306 e. The summed E-state index contributed by atoms with van der Waals surface area (Å²) < 4.78 is 0. The number of rotatable bonds is 2. The van der Waals surface area contributed by atoms with Crippen LogP contribution in [0.15, 0.2) is 42.5 Å². The van der Waals surface area contributed by atoms with Crippen LogP contribution in [0.2, 0.25) is 10.0 Å². The largest absolute Gasteiger partial charge is 0.339 e. The minimum atomic E-state index is -0.468. The number of carbonyl (C=O) groups excluding carboxylic acids is 1. The molecule has 3 rings (SSSR count). The van der Waals surface area contributed by atoms with Crippen LogP contribution in [0.25, 0.3) is 11.0 Å². The van der Waals surface area contributed by atoms with E-state index in [2.05, 4.69) is 21.1 Å². The molecule has 0 aliphatic rings. The van der Waals surface area contributed by atoms with Gasteiger partial charge in [0.2, 0.25) is 0 Å². The van der Waals surface area contributed by atoms with Gasteiger partial charge in [-0.05, 0) is 35.5 Å². The summed E-state index contributed by atoms with van der Waals surface area (Å²) in [5, 5.41) is 11.2. The molecule has 106 valence electrons. The minimum absolute atomic E-state index is 0.362. The van der Waals surface area contributed by atoms with Gasteiger partial charge in [-0.2, -0.15) is 0 Å². The van der Waals surface area contributed by atoms with E-state index in [1.165, 1.54) is 4.79 Å². The lowest BCUT2D eigenvalue weighted by molar-refractivity contribution is 0.259. The van der Waals surface area contributed by atoms with Crippen LogP contribution >= 0.6 is 23.2 Å². The smallest absolute Gasteiger partial charge is 0.306 e. The predicted molar refractivity (Wildman–Crippen MR) is 82.4 cm³/mol. The highest BCUT2D eigenvalue weighted by Gasteiger charge is 2.08. The molecule has 0 saturated carbocycles. The number of aromatic nitrogens is 3. The number of nitrogens with one attached hydrogen (secondary N) is 2. The molecule has 1 aromatic heterocycles. The summed E-state index contributed by atoms with van der Waals surface area (Å²) in [5.74, 6) is 0. The van der Waals surface area contributed by atoms with Crippen molar-refractivity contribution in [2.24, 2.45) is 0 Å². The molecule has 2 N–H and O–H groups in total. The quantitative estimate of drug-likeness (QED) is 0.758. The van der Waals surface area contributed by atoms with Gasteiger partial charge in [-0.15, -0.1) is 9.89 Å². The van der Waals surface area contributed by atoms with Crippen molar-refractivity contribution in [3.05, 3.63) is 52.5 Å². The zero-order valence-electron chi connectivity index (χ0n) is 10.5. The van der Waals surface area contributed by atoms with E-state index in [0.717, 1.165) is 0 Å². The Bertz CT molecular complexity index is 817. The number of benzene rings is 2. The lowest BCUT2D eigenvalue weighted by atomic mass is 10.3. The Balaban J connectivity index is 1.75. The van der Waals surface area contributed by atoms with Crippen molar-refractivity contribution in [1.29, 1.82) is 0 Å². The monoisotopic (exact) mass is 321 g/mol. The third kappa shape index (κ3) is 2.91. The lowest BCUT2D eigenvalue weighted by Crippen LogP contribution is -2.28. The molecule has 0 fully saturated rings. The Hall–Kier alpha value is -2.31. The highest BCUT2D eigenvalue weighted by Crippen LogP contribution is 2.24. The molecule has 0 spiro atoms. The molecule has 21 heavy (non-hydrogen) atoms. The van der Waals surface area contributed by atoms with Gasteiger partial charge in [0.05, 0.1) is 10.0 Å². The first-order valence-corrected chi connectivity index (χ1v) is 6.72. The zero-order valence-corrected chi connectivity index (χ0v) is 12.1. The maximum atomic E-state index is 11.9. The van der Waals surface area contributed by atoms with Gasteiger partial charge in [-0.3, -0.25) is 0 Å². The molecule has 2 amide bonds. The molecular weight excluding hydrogens is 313 g/mol. The number of nitrogens with zero attached hydrogens (tertiary/aromatic N) is 3. The number of halogens is 2. The standard InChI is InChI=1S/C13H9Cl2N5O/c14-9-6-5-8(7-10(9)15)16-13(21)18-20-12-4-2-1-3-11(12)17-19-20/h1-7H,(H2,16,18,21). The molecule has 0 aliphatic heterocycles. The van der Waals surface area contributed by atoms with E-state index in [-0.39, 0.29) is 0 Å². The maximum Gasteiger partial charge on any atom is 0.339 e. The van der Waals surface area contributed by atoms with Crippen molar-refractivity contribution in [3.63, 3.8) is 0 Å². The van der Waals surface area contributed by atoms with Gasteiger partial charge in [0.1, 0.15) is 11.0 Å². The lowest BCUT2D eigenvalue weighted by Gasteiger charge is -2.08. The summed E-state index contributed by atoms with van der Waals surface area (Å²) in [6, 6.07) is 11.6. The van der Waals surface area contributed by atoms with Gasteiger partial charge >= 0.3 is 6.03 Å². The van der Waals surface area contributed by atoms with Crippen LogP contribution in [-0.2, 0) is 0 Å². The van der Waals surface area contributed by atoms with Gasteiger partial charge in [0.15, 0.2) is 0 Å². The molecule has 2 aromatic carbocycles. The molecule has 0 saturated heterocycles. The SMILES string of the molecule is O=C(Nc1ccc(Cl)c(Cl)c1)Nn1nnc2ccccc21. The van der Waals surface area contributed by atoms with Crippen molar-refractivity contribution in [2.45, 2.75) is 0 Å². The van der Waals surface area contributed by atoms with Crippen LogP contribution < -0.4 is 10.7 Å². The number of fused-ring (bicyclic) bond motifs is 1. The second kappa shape index (κ2) is 5.59. The van der Waals surface area contributed by atoms with E-state index in [0.29, 0.717) is 26.8 Å². The summed E-state index contributed by atoms with van der Waals surface area (Å²) in [4.78, 5) is 13.2. The highest BCUT2D eigenvalue weighted by molar-refractivity contribution is 6.42. The fourth-order valence-corrected chi connectivity index (χ4v) is 2.08. The first-order valence-electron chi connectivity index (χ1n) is 5.97. The molecule has 8 heteroatoms. The van der Waals surface area contributed by atoms with Crippen LogP contribution in [0.1, 0.15) is 0 Å². The number of para-hydroxylation sites is 1. The fraction of sp³-hybridized carbons (Fsp3) is 0. The van der Waals surface area contributed by atoms with Gasteiger partial charge in [0, 0.05) is 5.69 Å². The van der Waals surface area contributed by atoms with Gasteiger partial charge in [0.25, 0.3) is 0 Å². The molecule has 3 aromatic rings. The van der Waals surface area contributed by atoms with Crippen molar-refractivity contribution < 1.29 is 4.79 Å². The van der Waals surface area contributed by atoms with Gasteiger partial charge < -0.3 is 5.32 Å². The third-order valence-electron chi connectivity index (χ3n) is 2.74. The topological polar surface area (TPSA) is 71.8 Å². The van der Waals surface area contributed by atoms with Crippen molar-refractivity contribution in [1.82, 2.24) is 15.1 Å². The number of carbonyl (C=O) groups is 1. The summed E-state index contributed by atoms with van der Waals surface area (Å²) in [5.41, 5.74) is 4.47. The number of hydrogen-bond acceptors (Lipinski definition) is 3. The Morgan fingerprint density at radius 2 is 1.90 bits per heavy atom. The highest BCUT2D eigenvalue weighted by atomic mass is 35.5. The number of anilines is 1. The normalized spacial score (nSPS) is 10.6. The average molecular weight is 322 g/mol. The first kappa shape index (κ1) is 13.7. The van der Waals surface area contributed by atoms with Gasteiger partial charge in [-0.1, -0.05) is 35.3 Å². The zero-order chi connectivity index (χ0) is 14.8. The van der Waals surface area contributed by atoms with Crippen LogP contribution in [-0.4, -0.2) is 21.1 Å². The first-order chi connectivity index (χ1) is 10.1. The summed E-state index contributed by atoms with van der Waals surface area (Å²) in [6.07, 6.45) is 0. The van der Waals surface area contributed by atoms with Gasteiger partial charge in [-0.25, -0.2) is 10.2 Å². The van der Waals surface area contributed by atoms with Crippen molar-refractivity contribution >= 4 is 46.0 Å². The second-order valence-electron chi connectivity index (χ2n) is 4.18. The van der Waals surface area contributed by atoms with E-state index in [1.807, 2.05) is 12.1 Å². The molecule has 0 aliphatic carbocycles. The fourth-order valence-electron chi connectivity index (χ4n) is 1.78. The van der Waals surface area contributed by atoms with Crippen LogP contribution in [0.5, 0.6) is 0 Å². The Kier molecular flexibility index (Phi) is 3.64. The third-order valence-corrected chi connectivity index (χ3v) is 3.48. The molecule has 1 heterocycles. The van der Waals surface area contributed by atoms with E-state index in [4.69, 9.17) is 23.2 Å². The molecule has 6 nitrogen and oxygen atoms in total. The molecule has 0 atom stereocenters. The summed E-state index contributed by atoms with van der Waals surface area (Å²) in [6.45, 7) is 0. The Morgan fingerprint density at radius 1 is 1.10 bits per heavy atom. The van der Waals surface area contributed by atoms with E-state index >= 15 is 0 Å². The molecule has 0 bridgehead atoms. The van der Waals surface area contributed by atoms with Crippen molar-refractivity contribution in [2.75, 3.05) is 10.7 Å². The average Bonchev–Trinajstić information content (AvgIpc) is 2.86. The summed E-state index contributed by atoms with van der Waals surface area (Å²) >= 11 is 11.7. The number of amides is 2. The molecule has 0 unspecified atom stereocenters. The van der Waals surface area contributed by atoms with Crippen LogP contribution in [0.4, 0.5) is 10.5 Å². The summed E-state index contributed by atoms with van der Waals surface area (Å²) in [7, 11) is 0. The molecular formula is C13H9Cl2N5O. The Labute approximate surface area is 129 Å². The van der Waals surface area contributed by atoms with E-state index in [9.17, 15) is 4.79 Å². The van der Waals surface area contributed by atoms with Crippen LogP contribution in [0.3, 0.4) is 0 Å². The van der Waals surface area contributed by atoms with E-state index < -0.39 is 6.03 Å².